The van der Waals surface area contributed by atoms with Crippen molar-refractivity contribution in [3.8, 4) is 0 Å². The molecule has 1 aliphatic carbocycles. The van der Waals surface area contributed by atoms with E-state index < -0.39 is 11.2 Å². The minimum Gasteiger partial charge on any atom is -0.331 e. The molecule has 0 spiro atoms. The first-order chi connectivity index (χ1) is 13.4. The van der Waals surface area contributed by atoms with Gasteiger partial charge in [-0.25, -0.2) is 14.2 Å². The second kappa shape index (κ2) is 6.70. The second-order valence-corrected chi connectivity index (χ2v) is 7.06. The van der Waals surface area contributed by atoms with Gasteiger partial charge in [-0.3, -0.25) is 18.7 Å². The number of amides is 1. The molecule has 0 radical (unpaired) electrons. The lowest BCUT2D eigenvalue weighted by atomic mass is 10.1. The number of nitrogens with zero attached hydrogens (tertiary/aromatic N) is 4. The minimum absolute atomic E-state index is 0.0470. The third-order valence-electron chi connectivity index (χ3n) is 5.09. The van der Waals surface area contributed by atoms with Gasteiger partial charge in [-0.1, -0.05) is 18.2 Å². The lowest BCUT2D eigenvalue weighted by Gasteiger charge is -2.23. The predicted octanol–water partition coefficient (Wildman–Crippen LogP) is 1.58. The smallest absolute Gasteiger partial charge is 0.331 e. The summed E-state index contributed by atoms with van der Waals surface area (Å²) in [6, 6.07) is 7.87. The van der Waals surface area contributed by atoms with Crippen LogP contribution < -0.4 is 11.2 Å². The number of hydrogen-bond acceptors (Lipinski definition) is 4. The van der Waals surface area contributed by atoms with Crippen molar-refractivity contribution >= 4 is 16.9 Å². The van der Waals surface area contributed by atoms with Crippen LogP contribution in [0.1, 0.15) is 28.8 Å². The molecule has 2 heterocycles. The third-order valence-corrected chi connectivity index (χ3v) is 5.09. The van der Waals surface area contributed by atoms with Crippen LogP contribution in [0.4, 0.5) is 4.39 Å². The van der Waals surface area contributed by atoms with Crippen LogP contribution in [-0.4, -0.2) is 31.0 Å². The van der Waals surface area contributed by atoms with Gasteiger partial charge in [0.05, 0.1) is 10.9 Å². The summed E-state index contributed by atoms with van der Waals surface area (Å²) in [6.45, 7) is 0.152. The van der Waals surface area contributed by atoms with E-state index in [1.54, 1.807) is 23.1 Å². The zero-order valence-electron chi connectivity index (χ0n) is 15.6. The van der Waals surface area contributed by atoms with E-state index in [0.717, 1.165) is 17.4 Å². The second-order valence-electron chi connectivity index (χ2n) is 7.06. The molecule has 0 bridgehead atoms. The first kappa shape index (κ1) is 18.1. The number of hydrogen-bond donors (Lipinski definition) is 0. The van der Waals surface area contributed by atoms with E-state index in [1.165, 1.54) is 37.0 Å². The highest BCUT2D eigenvalue weighted by Crippen LogP contribution is 2.30. The van der Waals surface area contributed by atoms with E-state index in [4.69, 9.17) is 0 Å². The van der Waals surface area contributed by atoms with Crippen molar-refractivity contribution in [2.75, 3.05) is 0 Å². The molecule has 0 saturated heterocycles. The molecule has 3 aromatic rings. The molecule has 1 amide bonds. The number of carbonyl (C=O) groups excluding carboxylic acids is 1. The monoisotopic (exact) mass is 382 g/mol. The Hall–Kier alpha value is -3.29. The Labute approximate surface area is 159 Å². The Morgan fingerprint density at radius 3 is 2.61 bits per heavy atom. The third kappa shape index (κ3) is 3.00. The fourth-order valence-corrected chi connectivity index (χ4v) is 3.31. The highest BCUT2D eigenvalue weighted by Gasteiger charge is 2.34. The molecule has 1 aliphatic rings. The normalized spacial score (nSPS) is 13.7. The van der Waals surface area contributed by atoms with Crippen LogP contribution in [0, 0.1) is 5.82 Å². The molecule has 1 fully saturated rings. The molecular formula is C20H19FN4O3. The zero-order valence-corrected chi connectivity index (χ0v) is 15.6. The maximum atomic E-state index is 14.1. The van der Waals surface area contributed by atoms with E-state index in [2.05, 4.69) is 4.98 Å². The highest BCUT2D eigenvalue weighted by atomic mass is 19.1. The number of halogens is 1. The molecular weight excluding hydrogens is 363 g/mol. The quantitative estimate of drug-likeness (QED) is 0.686. The van der Waals surface area contributed by atoms with E-state index >= 15 is 0 Å². The van der Waals surface area contributed by atoms with E-state index in [1.807, 2.05) is 0 Å². The van der Waals surface area contributed by atoms with Gasteiger partial charge in [0.15, 0.2) is 0 Å². The van der Waals surface area contributed by atoms with Gasteiger partial charge in [-0.05, 0) is 25.0 Å². The minimum atomic E-state index is -0.507. The molecule has 2 aromatic heterocycles. The molecule has 0 N–H and O–H groups in total. The van der Waals surface area contributed by atoms with Gasteiger partial charge >= 0.3 is 5.69 Å². The molecule has 0 unspecified atom stereocenters. The number of pyridine rings is 1. The summed E-state index contributed by atoms with van der Waals surface area (Å²) in [5.41, 5.74) is -0.0893. The van der Waals surface area contributed by atoms with Crippen LogP contribution in [0.3, 0.4) is 0 Å². The summed E-state index contributed by atoms with van der Waals surface area (Å²) in [5, 5.41) is 0.192. The summed E-state index contributed by atoms with van der Waals surface area (Å²) >= 11 is 0. The SMILES string of the molecule is Cn1c(=O)c2cc(C(=O)N(Cc3ccccc3F)C3CC3)cnc2n(C)c1=O. The standard InChI is InChI=1S/C20H19FN4O3/c1-23-17-15(19(27)24(2)20(23)28)9-13(10-22-17)18(26)25(14-7-8-14)11-12-5-3-4-6-16(12)21/h3-6,9-10,14H,7-8,11H2,1-2H3. The van der Waals surface area contributed by atoms with Gasteiger partial charge in [0.1, 0.15) is 11.5 Å². The maximum absolute atomic E-state index is 14.1. The van der Waals surface area contributed by atoms with Crippen LogP contribution in [-0.2, 0) is 20.6 Å². The Balaban J connectivity index is 1.75. The highest BCUT2D eigenvalue weighted by molar-refractivity contribution is 5.97. The molecule has 1 aromatic carbocycles. The van der Waals surface area contributed by atoms with Crippen molar-refractivity contribution in [3.63, 3.8) is 0 Å². The molecule has 7 nitrogen and oxygen atoms in total. The maximum Gasteiger partial charge on any atom is 0.332 e. The largest absolute Gasteiger partial charge is 0.332 e. The van der Waals surface area contributed by atoms with Gasteiger partial charge < -0.3 is 4.90 Å². The van der Waals surface area contributed by atoms with E-state index in [-0.39, 0.29) is 40.9 Å². The number of aromatic nitrogens is 3. The van der Waals surface area contributed by atoms with E-state index in [9.17, 15) is 18.8 Å². The molecule has 28 heavy (non-hydrogen) atoms. The van der Waals surface area contributed by atoms with Gasteiger partial charge in [-0.15, -0.1) is 0 Å². The van der Waals surface area contributed by atoms with Crippen LogP contribution in [0.5, 0.6) is 0 Å². The van der Waals surface area contributed by atoms with E-state index in [0.29, 0.717) is 5.56 Å². The summed E-state index contributed by atoms with van der Waals surface area (Å²) in [6.07, 6.45) is 3.08. The average molecular weight is 382 g/mol. The van der Waals surface area contributed by atoms with Crippen LogP contribution in [0.2, 0.25) is 0 Å². The molecule has 0 aliphatic heterocycles. The molecule has 8 heteroatoms. The first-order valence-corrected chi connectivity index (χ1v) is 8.98. The summed E-state index contributed by atoms with van der Waals surface area (Å²) in [4.78, 5) is 43.4. The number of rotatable bonds is 4. The van der Waals surface area contributed by atoms with Gasteiger partial charge in [0.2, 0.25) is 0 Å². The van der Waals surface area contributed by atoms with Gasteiger partial charge in [0.25, 0.3) is 11.5 Å². The fraction of sp³-hybridized carbons (Fsp3) is 0.300. The molecule has 0 atom stereocenters. The van der Waals surface area contributed by atoms with Crippen LogP contribution in [0.25, 0.3) is 11.0 Å². The number of carbonyl (C=O) groups is 1. The van der Waals surface area contributed by atoms with Crippen LogP contribution >= 0.6 is 0 Å². The Morgan fingerprint density at radius 2 is 1.93 bits per heavy atom. The fourth-order valence-electron chi connectivity index (χ4n) is 3.31. The Bertz CT molecular complexity index is 1210. The number of aryl methyl sites for hydroxylation is 1. The van der Waals surface area contributed by atoms with Crippen LogP contribution in [0.15, 0.2) is 46.1 Å². The van der Waals surface area contributed by atoms with Crippen molar-refractivity contribution in [1.82, 2.24) is 19.0 Å². The molecule has 1 saturated carbocycles. The molecule has 144 valence electrons. The topological polar surface area (TPSA) is 77.2 Å². The Morgan fingerprint density at radius 1 is 1.21 bits per heavy atom. The first-order valence-electron chi connectivity index (χ1n) is 8.98. The van der Waals surface area contributed by atoms with Crippen molar-refractivity contribution in [1.29, 1.82) is 0 Å². The predicted molar refractivity (Wildman–Crippen MR) is 102 cm³/mol. The number of fused-ring (bicyclic) bond motifs is 1. The lowest BCUT2D eigenvalue weighted by Crippen LogP contribution is -2.38. The summed E-state index contributed by atoms with van der Waals surface area (Å²) in [7, 11) is 2.90. The molecule has 4 rings (SSSR count). The summed E-state index contributed by atoms with van der Waals surface area (Å²) < 4.78 is 16.3. The van der Waals surface area contributed by atoms with Gasteiger partial charge in [-0.2, -0.15) is 0 Å². The number of benzene rings is 1. The zero-order chi connectivity index (χ0) is 20.0. The lowest BCUT2D eigenvalue weighted by molar-refractivity contribution is 0.0728. The summed E-state index contributed by atoms with van der Waals surface area (Å²) in [5.74, 6) is -0.669. The van der Waals surface area contributed by atoms with Crippen molar-refractivity contribution in [3.05, 3.63) is 74.3 Å². The average Bonchev–Trinajstić information content (AvgIpc) is 3.54. The van der Waals surface area contributed by atoms with Gasteiger partial charge in [0, 0.05) is 38.4 Å². The van der Waals surface area contributed by atoms with Crippen molar-refractivity contribution in [2.45, 2.75) is 25.4 Å². The van der Waals surface area contributed by atoms with Crippen molar-refractivity contribution in [2.24, 2.45) is 14.1 Å². The Kier molecular flexibility index (Phi) is 4.33. The van der Waals surface area contributed by atoms with Crippen molar-refractivity contribution < 1.29 is 9.18 Å².